The highest BCUT2D eigenvalue weighted by Crippen LogP contribution is 2.62. The van der Waals surface area contributed by atoms with Gasteiger partial charge in [0.25, 0.3) is 0 Å². The van der Waals surface area contributed by atoms with Crippen molar-refractivity contribution in [3.8, 4) is 73.7 Å². The fraction of sp³-hybridized carbons (Fsp3) is 0.0208. The summed E-state index contributed by atoms with van der Waals surface area (Å²) in [5.41, 5.74) is 13.7. The van der Waals surface area contributed by atoms with Crippen molar-refractivity contribution in [2.75, 3.05) is 0 Å². The summed E-state index contributed by atoms with van der Waals surface area (Å²) in [6, 6.07) is 63.0. The van der Waals surface area contributed by atoms with Crippen LogP contribution in [0.5, 0.6) is 11.5 Å². The molecular formula is C48H29N3O. The van der Waals surface area contributed by atoms with Crippen molar-refractivity contribution in [1.82, 2.24) is 9.97 Å². The minimum Gasteiger partial charge on any atom is -0.457 e. The Morgan fingerprint density at radius 2 is 0.981 bits per heavy atom. The van der Waals surface area contributed by atoms with Crippen molar-refractivity contribution in [3.05, 3.63) is 204 Å². The Balaban J connectivity index is 1.24. The predicted molar refractivity (Wildman–Crippen MR) is 206 cm³/mol. The van der Waals surface area contributed by atoms with Gasteiger partial charge in [-0.3, -0.25) is 0 Å². The molecule has 0 N–H and O–H groups in total. The van der Waals surface area contributed by atoms with Crippen LogP contribution in [-0.2, 0) is 5.41 Å². The third-order valence-electron chi connectivity index (χ3n) is 10.4. The zero-order valence-corrected chi connectivity index (χ0v) is 28.0. The lowest BCUT2D eigenvalue weighted by molar-refractivity contribution is 0.436. The third kappa shape index (κ3) is 4.54. The second kappa shape index (κ2) is 11.8. The van der Waals surface area contributed by atoms with Crippen LogP contribution in [-0.4, -0.2) is 9.97 Å². The Morgan fingerprint density at radius 3 is 1.69 bits per heavy atom. The molecule has 1 spiro atoms. The Hall–Kier alpha value is -7.09. The number of para-hydroxylation sites is 1. The van der Waals surface area contributed by atoms with Crippen LogP contribution >= 0.6 is 0 Å². The lowest BCUT2D eigenvalue weighted by atomic mass is 9.65. The van der Waals surface area contributed by atoms with Gasteiger partial charge in [-0.15, -0.1) is 0 Å². The first kappa shape index (κ1) is 29.8. The van der Waals surface area contributed by atoms with Crippen LogP contribution in [0.1, 0.15) is 27.8 Å². The van der Waals surface area contributed by atoms with E-state index in [0.717, 1.165) is 61.8 Å². The van der Waals surface area contributed by atoms with E-state index in [0.29, 0.717) is 11.4 Å². The predicted octanol–water partition coefficient (Wildman–Crippen LogP) is 11.5. The van der Waals surface area contributed by atoms with E-state index in [9.17, 15) is 5.26 Å². The molecule has 0 saturated heterocycles. The maximum atomic E-state index is 9.46. The van der Waals surface area contributed by atoms with E-state index in [1.165, 1.54) is 22.3 Å². The van der Waals surface area contributed by atoms with E-state index in [2.05, 4.69) is 115 Å². The summed E-state index contributed by atoms with van der Waals surface area (Å²) in [6.45, 7) is 0. The number of rotatable bonds is 4. The molecule has 1 aliphatic carbocycles. The molecule has 0 unspecified atom stereocenters. The third-order valence-corrected chi connectivity index (χ3v) is 10.4. The lowest BCUT2D eigenvalue weighted by Gasteiger charge is -2.39. The molecular weight excluding hydrogens is 635 g/mol. The Morgan fingerprint density at radius 1 is 0.423 bits per heavy atom. The number of hydrogen-bond donors (Lipinski definition) is 0. The van der Waals surface area contributed by atoms with Crippen molar-refractivity contribution in [2.45, 2.75) is 5.41 Å². The first-order chi connectivity index (χ1) is 25.7. The fourth-order valence-electron chi connectivity index (χ4n) is 8.05. The summed E-state index contributed by atoms with van der Waals surface area (Å²) < 4.78 is 6.74. The molecule has 0 amide bonds. The molecule has 0 bridgehead atoms. The maximum absolute atomic E-state index is 9.46. The maximum Gasteiger partial charge on any atom is 0.160 e. The van der Waals surface area contributed by atoms with Gasteiger partial charge < -0.3 is 4.74 Å². The van der Waals surface area contributed by atoms with Gasteiger partial charge in [-0.25, -0.2) is 9.97 Å². The number of benzene rings is 7. The van der Waals surface area contributed by atoms with E-state index in [1.54, 1.807) is 0 Å². The monoisotopic (exact) mass is 663 g/mol. The number of aromatic nitrogens is 2. The smallest absolute Gasteiger partial charge is 0.160 e. The summed E-state index contributed by atoms with van der Waals surface area (Å²) in [4.78, 5) is 10.4. The van der Waals surface area contributed by atoms with Gasteiger partial charge in [0.05, 0.1) is 28.4 Å². The molecule has 0 saturated carbocycles. The minimum absolute atomic E-state index is 0.641. The van der Waals surface area contributed by atoms with Crippen LogP contribution in [0.2, 0.25) is 0 Å². The molecule has 4 heteroatoms. The molecule has 2 heterocycles. The van der Waals surface area contributed by atoms with Crippen LogP contribution in [0, 0.1) is 11.3 Å². The minimum atomic E-state index is -0.673. The standard InChI is InChI=1S/C48H29N3O/c49-30-31-19-21-32(22-20-31)35-23-25-38-37-15-7-8-16-39(37)48(41(38)27-35)40-17-9-10-18-45(40)52-46-26-24-36(28-42(46)48)47-50-43(33-11-3-1-4-12-33)29-44(51-47)34-13-5-2-6-14-34/h1-29H/t48-/m0/s1. The second-order valence-electron chi connectivity index (χ2n) is 13.2. The Kier molecular flexibility index (Phi) is 6.74. The molecule has 0 fully saturated rings. The molecule has 7 aromatic carbocycles. The molecule has 4 nitrogen and oxygen atoms in total. The zero-order chi connectivity index (χ0) is 34.6. The van der Waals surface area contributed by atoms with Crippen molar-refractivity contribution < 1.29 is 4.74 Å². The molecule has 0 radical (unpaired) electrons. The van der Waals surface area contributed by atoms with Crippen LogP contribution in [0.4, 0.5) is 0 Å². The van der Waals surface area contributed by atoms with Crippen LogP contribution in [0.25, 0.3) is 56.2 Å². The van der Waals surface area contributed by atoms with Gasteiger partial charge >= 0.3 is 0 Å². The second-order valence-corrected chi connectivity index (χ2v) is 13.2. The molecule has 8 aromatic rings. The SMILES string of the molecule is N#Cc1ccc(-c2ccc3c(c2)[C@@]2(c4ccccc4Oc4ccc(-c5nc(-c6ccccc6)cc(-c6ccccc6)n5)cc42)c2ccccc2-3)cc1. The molecule has 52 heavy (non-hydrogen) atoms. The molecule has 10 rings (SSSR count). The Bertz CT molecular complexity index is 2660. The summed E-state index contributed by atoms with van der Waals surface area (Å²) in [5.74, 6) is 2.29. The summed E-state index contributed by atoms with van der Waals surface area (Å²) in [6.07, 6.45) is 0. The zero-order valence-electron chi connectivity index (χ0n) is 28.0. The number of nitriles is 1. The van der Waals surface area contributed by atoms with Gasteiger partial charge in [0.1, 0.15) is 11.5 Å². The highest BCUT2D eigenvalue weighted by atomic mass is 16.5. The molecule has 1 aliphatic heterocycles. The molecule has 1 atom stereocenters. The quantitative estimate of drug-likeness (QED) is 0.188. The van der Waals surface area contributed by atoms with E-state index in [4.69, 9.17) is 14.7 Å². The van der Waals surface area contributed by atoms with Gasteiger partial charge in [-0.1, -0.05) is 127 Å². The van der Waals surface area contributed by atoms with Crippen molar-refractivity contribution >= 4 is 0 Å². The average Bonchev–Trinajstić information content (AvgIpc) is 3.51. The topological polar surface area (TPSA) is 58.8 Å². The fourth-order valence-corrected chi connectivity index (χ4v) is 8.05. The van der Waals surface area contributed by atoms with Gasteiger partial charge in [0, 0.05) is 27.8 Å². The summed E-state index contributed by atoms with van der Waals surface area (Å²) >= 11 is 0. The van der Waals surface area contributed by atoms with Gasteiger partial charge in [-0.05, 0) is 81.9 Å². The average molecular weight is 664 g/mol. The van der Waals surface area contributed by atoms with Crippen LogP contribution in [0.15, 0.2) is 176 Å². The van der Waals surface area contributed by atoms with Crippen LogP contribution < -0.4 is 4.74 Å². The van der Waals surface area contributed by atoms with Crippen LogP contribution in [0.3, 0.4) is 0 Å². The van der Waals surface area contributed by atoms with Gasteiger partial charge in [-0.2, -0.15) is 5.26 Å². The van der Waals surface area contributed by atoms with E-state index in [-0.39, 0.29) is 0 Å². The van der Waals surface area contributed by atoms with Crippen molar-refractivity contribution in [2.24, 2.45) is 0 Å². The van der Waals surface area contributed by atoms with Gasteiger partial charge in [0.15, 0.2) is 5.82 Å². The van der Waals surface area contributed by atoms with Gasteiger partial charge in [0.2, 0.25) is 0 Å². The first-order valence-electron chi connectivity index (χ1n) is 17.4. The normalized spacial score (nSPS) is 14.8. The summed E-state index contributed by atoms with van der Waals surface area (Å²) in [7, 11) is 0. The highest BCUT2D eigenvalue weighted by Gasteiger charge is 2.51. The molecule has 1 aromatic heterocycles. The number of nitrogens with zero attached hydrogens (tertiary/aromatic N) is 3. The van der Waals surface area contributed by atoms with E-state index >= 15 is 0 Å². The largest absolute Gasteiger partial charge is 0.457 e. The lowest BCUT2D eigenvalue weighted by Crippen LogP contribution is -2.32. The summed E-state index contributed by atoms with van der Waals surface area (Å²) in [5, 5.41) is 9.46. The molecule has 242 valence electrons. The van der Waals surface area contributed by atoms with E-state index < -0.39 is 5.41 Å². The van der Waals surface area contributed by atoms with E-state index in [1.807, 2.05) is 66.7 Å². The first-order valence-corrected chi connectivity index (χ1v) is 17.4. The molecule has 2 aliphatic rings. The highest BCUT2D eigenvalue weighted by molar-refractivity contribution is 5.91. The Labute approximate surface area is 301 Å². The van der Waals surface area contributed by atoms with Crippen molar-refractivity contribution in [1.29, 1.82) is 5.26 Å². The number of hydrogen-bond acceptors (Lipinski definition) is 4. The number of fused-ring (bicyclic) bond motifs is 9. The number of ether oxygens (including phenoxy) is 1. The van der Waals surface area contributed by atoms with Crippen molar-refractivity contribution in [3.63, 3.8) is 0 Å².